The van der Waals surface area contributed by atoms with Crippen LogP contribution >= 0.6 is 0 Å². The molecule has 1 saturated heterocycles. The van der Waals surface area contributed by atoms with Gasteiger partial charge in [0.1, 0.15) is 0 Å². The van der Waals surface area contributed by atoms with E-state index in [0.717, 1.165) is 18.4 Å². The van der Waals surface area contributed by atoms with Crippen LogP contribution in [-0.2, 0) is 0 Å². The predicted octanol–water partition coefficient (Wildman–Crippen LogP) is 2.37. The summed E-state index contributed by atoms with van der Waals surface area (Å²) < 4.78 is 0. The van der Waals surface area contributed by atoms with Gasteiger partial charge < -0.3 is 10.2 Å². The lowest BCUT2D eigenvalue weighted by molar-refractivity contribution is 0.449. The Hall–Kier alpha value is -1.02. The van der Waals surface area contributed by atoms with Gasteiger partial charge in [-0.1, -0.05) is 25.1 Å². The highest BCUT2D eigenvalue weighted by molar-refractivity contribution is 5.45. The first-order chi connectivity index (χ1) is 7.81. The molecule has 0 spiro atoms. The van der Waals surface area contributed by atoms with E-state index in [-0.39, 0.29) is 0 Å². The summed E-state index contributed by atoms with van der Waals surface area (Å²) in [4.78, 5) is 2.48. The molecule has 2 rings (SSSR count). The largest absolute Gasteiger partial charge is 0.371 e. The van der Waals surface area contributed by atoms with Crippen LogP contribution in [0.3, 0.4) is 0 Å². The molecule has 1 aromatic rings. The molecule has 2 atom stereocenters. The molecular formula is C14H22N2. The lowest BCUT2D eigenvalue weighted by atomic mass is 9.97. The summed E-state index contributed by atoms with van der Waals surface area (Å²) >= 11 is 0. The van der Waals surface area contributed by atoms with E-state index in [1.807, 2.05) is 0 Å². The Bertz CT molecular complexity index is 310. The summed E-state index contributed by atoms with van der Waals surface area (Å²) in [6, 6.07) is 10.7. The molecule has 16 heavy (non-hydrogen) atoms. The van der Waals surface area contributed by atoms with Crippen LogP contribution in [0, 0.1) is 11.8 Å². The number of nitrogens with one attached hydrogen (secondary N) is 1. The first-order valence-electron chi connectivity index (χ1n) is 6.32. The van der Waals surface area contributed by atoms with Gasteiger partial charge in [0.2, 0.25) is 0 Å². The molecule has 1 aliphatic rings. The Morgan fingerprint density at radius 1 is 1.25 bits per heavy atom. The van der Waals surface area contributed by atoms with Gasteiger partial charge in [-0.15, -0.1) is 0 Å². The number of hydrogen-bond acceptors (Lipinski definition) is 2. The zero-order valence-electron chi connectivity index (χ0n) is 10.3. The fourth-order valence-electron chi connectivity index (χ4n) is 2.45. The monoisotopic (exact) mass is 218 g/mol. The van der Waals surface area contributed by atoms with Gasteiger partial charge in [0.15, 0.2) is 0 Å². The van der Waals surface area contributed by atoms with Crippen molar-refractivity contribution >= 4 is 5.69 Å². The second-order valence-electron chi connectivity index (χ2n) is 4.77. The van der Waals surface area contributed by atoms with Crippen molar-refractivity contribution in [1.29, 1.82) is 0 Å². The minimum Gasteiger partial charge on any atom is -0.371 e. The molecule has 0 aliphatic carbocycles. The number of rotatable bonds is 4. The Morgan fingerprint density at radius 2 is 2.00 bits per heavy atom. The summed E-state index contributed by atoms with van der Waals surface area (Å²) in [6.07, 6.45) is 0. The highest BCUT2D eigenvalue weighted by Gasteiger charge is 2.24. The summed E-state index contributed by atoms with van der Waals surface area (Å²) in [5, 5.41) is 3.48. The quantitative estimate of drug-likeness (QED) is 0.834. The number of hydrogen-bond donors (Lipinski definition) is 1. The molecule has 0 aromatic heterocycles. The second kappa shape index (κ2) is 5.35. The van der Waals surface area contributed by atoms with Crippen LogP contribution in [0.1, 0.15) is 13.8 Å². The van der Waals surface area contributed by atoms with Crippen LogP contribution in [0.15, 0.2) is 30.3 Å². The molecule has 0 saturated carbocycles. The van der Waals surface area contributed by atoms with Gasteiger partial charge in [0, 0.05) is 18.8 Å². The molecule has 0 unspecified atom stereocenters. The van der Waals surface area contributed by atoms with Crippen LogP contribution in [0.25, 0.3) is 0 Å². The fourth-order valence-corrected chi connectivity index (χ4v) is 2.45. The average molecular weight is 218 g/mol. The van der Waals surface area contributed by atoms with Crippen molar-refractivity contribution in [3.63, 3.8) is 0 Å². The minimum atomic E-state index is 0.792. The zero-order valence-corrected chi connectivity index (χ0v) is 10.3. The van der Waals surface area contributed by atoms with Crippen molar-refractivity contribution in [3.8, 4) is 0 Å². The number of benzene rings is 1. The second-order valence-corrected chi connectivity index (χ2v) is 4.77. The predicted molar refractivity (Wildman–Crippen MR) is 69.9 cm³/mol. The number of anilines is 1. The molecule has 2 nitrogen and oxygen atoms in total. The Morgan fingerprint density at radius 3 is 2.56 bits per heavy atom. The average Bonchev–Trinajstić information content (AvgIpc) is 2.73. The molecule has 88 valence electrons. The van der Waals surface area contributed by atoms with Crippen LogP contribution in [0.4, 0.5) is 5.69 Å². The Labute approximate surface area is 98.7 Å². The van der Waals surface area contributed by atoms with Gasteiger partial charge in [-0.3, -0.25) is 0 Å². The third-order valence-corrected chi connectivity index (χ3v) is 3.64. The van der Waals surface area contributed by atoms with Crippen molar-refractivity contribution in [1.82, 2.24) is 5.32 Å². The van der Waals surface area contributed by atoms with Gasteiger partial charge >= 0.3 is 0 Å². The lowest BCUT2D eigenvalue weighted by Crippen LogP contribution is -2.32. The maximum absolute atomic E-state index is 3.48. The zero-order chi connectivity index (χ0) is 11.4. The Balaban J connectivity index is 2.00. The molecular weight excluding hydrogens is 196 g/mol. The molecule has 1 aliphatic heterocycles. The summed E-state index contributed by atoms with van der Waals surface area (Å²) in [5.41, 5.74) is 1.35. The van der Waals surface area contributed by atoms with E-state index in [4.69, 9.17) is 0 Å². The molecule has 1 heterocycles. The van der Waals surface area contributed by atoms with Crippen molar-refractivity contribution in [2.45, 2.75) is 13.8 Å². The summed E-state index contributed by atoms with van der Waals surface area (Å²) in [7, 11) is 0. The first kappa shape index (κ1) is 11.5. The maximum Gasteiger partial charge on any atom is 0.0366 e. The van der Waals surface area contributed by atoms with E-state index in [1.165, 1.54) is 25.3 Å². The van der Waals surface area contributed by atoms with Crippen LogP contribution < -0.4 is 10.2 Å². The summed E-state index contributed by atoms with van der Waals surface area (Å²) in [5.74, 6) is 1.60. The standard InChI is InChI=1S/C14H22N2/c1-3-16(14-7-5-4-6-8-14)11-13-10-15-9-12(13)2/h4-8,12-13,15H,3,9-11H2,1-2H3/t12-,13+/m1/s1. The van der Waals surface area contributed by atoms with Gasteiger partial charge in [0.05, 0.1) is 0 Å². The maximum atomic E-state index is 3.48. The van der Waals surface area contributed by atoms with Gasteiger partial charge in [-0.25, -0.2) is 0 Å². The van der Waals surface area contributed by atoms with Crippen molar-refractivity contribution in [2.75, 3.05) is 31.1 Å². The van der Waals surface area contributed by atoms with Crippen LogP contribution in [0.5, 0.6) is 0 Å². The van der Waals surface area contributed by atoms with Crippen LogP contribution in [0.2, 0.25) is 0 Å². The van der Waals surface area contributed by atoms with Gasteiger partial charge in [-0.2, -0.15) is 0 Å². The fraction of sp³-hybridized carbons (Fsp3) is 0.571. The van der Waals surface area contributed by atoms with E-state index in [1.54, 1.807) is 0 Å². The lowest BCUT2D eigenvalue weighted by Gasteiger charge is -2.27. The molecule has 1 N–H and O–H groups in total. The third kappa shape index (κ3) is 2.56. The van der Waals surface area contributed by atoms with E-state index in [9.17, 15) is 0 Å². The van der Waals surface area contributed by atoms with E-state index < -0.39 is 0 Å². The third-order valence-electron chi connectivity index (χ3n) is 3.64. The topological polar surface area (TPSA) is 15.3 Å². The highest BCUT2D eigenvalue weighted by atomic mass is 15.1. The summed E-state index contributed by atoms with van der Waals surface area (Å²) in [6.45, 7) is 9.20. The smallest absolute Gasteiger partial charge is 0.0366 e. The number of para-hydroxylation sites is 1. The minimum absolute atomic E-state index is 0.792. The van der Waals surface area contributed by atoms with Crippen molar-refractivity contribution in [3.05, 3.63) is 30.3 Å². The van der Waals surface area contributed by atoms with Gasteiger partial charge in [0.25, 0.3) is 0 Å². The molecule has 1 aromatic carbocycles. The highest BCUT2D eigenvalue weighted by Crippen LogP contribution is 2.21. The van der Waals surface area contributed by atoms with Crippen molar-refractivity contribution in [2.24, 2.45) is 11.8 Å². The van der Waals surface area contributed by atoms with Crippen molar-refractivity contribution < 1.29 is 0 Å². The van der Waals surface area contributed by atoms with E-state index >= 15 is 0 Å². The molecule has 0 bridgehead atoms. The molecule has 2 heteroatoms. The van der Waals surface area contributed by atoms with E-state index in [0.29, 0.717) is 0 Å². The molecule has 0 amide bonds. The normalized spacial score (nSPS) is 24.6. The number of nitrogens with zero attached hydrogens (tertiary/aromatic N) is 1. The first-order valence-corrected chi connectivity index (χ1v) is 6.32. The van der Waals surface area contributed by atoms with E-state index in [2.05, 4.69) is 54.4 Å². The van der Waals surface area contributed by atoms with Crippen LogP contribution in [-0.4, -0.2) is 26.2 Å². The Kier molecular flexibility index (Phi) is 3.83. The SMILES string of the molecule is CCN(C[C@@H]1CNC[C@H]1C)c1ccccc1. The molecule has 0 radical (unpaired) electrons. The molecule has 1 fully saturated rings. The van der Waals surface area contributed by atoms with Gasteiger partial charge in [-0.05, 0) is 44.0 Å².